The summed E-state index contributed by atoms with van der Waals surface area (Å²) in [6.07, 6.45) is 0.987. The van der Waals surface area contributed by atoms with Gasteiger partial charge in [0, 0.05) is 6.54 Å². The molecule has 1 rings (SSSR count). The molecule has 0 spiro atoms. The summed E-state index contributed by atoms with van der Waals surface area (Å²) in [4.78, 5) is 23.6. The standard InChI is InChI=1S/C16H25N3O5S/c1-11(2)10-14(15(20)24-3)19-16(21)18-9-8-12-4-6-13(7-5-12)25(17,22)23/h4-7,11,14H,8-10H2,1-3H3,(H2,17,22,23)(H2,18,19,21)/t14-/m0/s1. The summed E-state index contributed by atoms with van der Waals surface area (Å²) in [6.45, 7) is 4.22. The van der Waals surface area contributed by atoms with Crippen molar-refractivity contribution in [1.82, 2.24) is 10.6 Å². The van der Waals surface area contributed by atoms with E-state index in [1.807, 2.05) is 13.8 Å². The van der Waals surface area contributed by atoms with E-state index in [4.69, 9.17) is 5.14 Å². The normalized spacial score (nSPS) is 12.5. The van der Waals surface area contributed by atoms with Crippen LogP contribution in [0.3, 0.4) is 0 Å². The van der Waals surface area contributed by atoms with Gasteiger partial charge in [0.25, 0.3) is 0 Å². The zero-order valence-electron chi connectivity index (χ0n) is 14.6. The van der Waals surface area contributed by atoms with E-state index in [-0.39, 0.29) is 10.8 Å². The highest BCUT2D eigenvalue weighted by Gasteiger charge is 2.22. The molecule has 1 aromatic carbocycles. The zero-order valence-corrected chi connectivity index (χ0v) is 15.4. The second-order valence-electron chi connectivity index (χ2n) is 6.04. The average Bonchev–Trinajstić information content (AvgIpc) is 2.52. The quantitative estimate of drug-likeness (QED) is 0.581. The number of amides is 2. The molecule has 0 aliphatic carbocycles. The number of sulfonamides is 1. The lowest BCUT2D eigenvalue weighted by Gasteiger charge is -2.18. The van der Waals surface area contributed by atoms with Gasteiger partial charge < -0.3 is 15.4 Å². The second-order valence-corrected chi connectivity index (χ2v) is 7.61. The van der Waals surface area contributed by atoms with Crippen LogP contribution in [0.5, 0.6) is 0 Å². The number of carbonyl (C=O) groups is 2. The fraction of sp³-hybridized carbons (Fsp3) is 0.500. The van der Waals surface area contributed by atoms with E-state index in [2.05, 4.69) is 15.4 Å². The fourth-order valence-electron chi connectivity index (χ4n) is 2.20. The minimum absolute atomic E-state index is 0.0385. The Labute approximate surface area is 148 Å². The molecule has 25 heavy (non-hydrogen) atoms. The van der Waals surface area contributed by atoms with Crippen LogP contribution >= 0.6 is 0 Å². The Hall–Kier alpha value is -2.13. The predicted octanol–water partition coefficient (Wildman–Crippen LogP) is 0.763. The third-order valence-electron chi connectivity index (χ3n) is 3.45. The van der Waals surface area contributed by atoms with Crippen LogP contribution in [0.2, 0.25) is 0 Å². The second kappa shape index (κ2) is 9.38. The monoisotopic (exact) mass is 371 g/mol. The highest BCUT2D eigenvalue weighted by atomic mass is 32.2. The number of urea groups is 1. The molecule has 0 aliphatic rings. The summed E-state index contributed by atoms with van der Waals surface area (Å²) in [6, 6.07) is 4.95. The number of esters is 1. The largest absolute Gasteiger partial charge is 0.467 e. The number of primary sulfonamides is 1. The minimum atomic E-state index is -3.71. The van der Waals surface area contributed by atoms with Gasteiger partial charge in [-0.1, -0.05) is 26.0 Å². The molecule has 0 bridgehead atoms. The summed E-state index contributed by atoms with van der Waals surface area (Å²) < 4.78 is 27.0. The molecule has 0 aromatic heterocycles. The van der Waals surface area contributed by atoms with Gasteiger partial charge in [0.1, 0.15) is 6.04 Å². The van der Waals surface area contributed by atoms with Gasteiger partial charge in [-0.05, 0) is 36.5 Å². The first kappa shape index (κ1) is 20.9. The number of hydrogen-bond donors (Lipinski definition) is 3. The van der Waals surface area contributed by atoms with Crippen LogP contribution in [0.1, 0.15) is 25.8 Å². The molecular formula is C16H25N3O5S. The lowest BCUT2D eigenvalue weighted by atomic mass is 10.0. The van der Waals surface area contributed by atoms with E-state index in [1.54, 1.807) is 12.1 Å². The molecular weight excluding hydrogens is 346 g/mol. The Morgan fingerprint density at radius 2 is 1.80 bits per heavy atom. The average molecular weight is 371 g/mol. The molecule has 0 radical (unpaired) electrons. The zero-order chi connectivity index (χ0) is 19.0. The van der Waals surface area contributed by atoms with Crippen molar-refractivity contribution in [2.24, 2.45) is 11.1 Å². The molecule has 0 heterocycles. The highest BCUT2D eigenvalue weighted by molar-refractivity contribution is 7.89. The SMILES string of the molecule is COC(=O)[C@H](CC(C)C)NC(=O)NCCc1ccc(S(N)(=O)=O)cc1. The van der Waals surface area contributed by atoms with Crippen LogP contribution in [-0.4, -0.2) is 40.1 Å². The van der Waals surface area contributed by atoms with Crippen molar-refractivity contribution in [1.29, 1.82) is 0 Å². The summed E-state index contributed by atoms with van der Waals surface area (Å²) in [5.74, 6) is -0.260. The number of ether oxygens (including phenoxy) is 1. The summed E-state index contributed by atoms with van der Waals surface area (Å²) >= 11 is 0. The van der Waals surface area contributed by atoms with E-state index in [9.17, 15) is 18.0 Å². The Bertz CT molecular complexity index is 686. The Morgan fingerprint density at radius 1 is 1.20 bits per heavy atom. The van der Waals surface area contributed by atoms with E-state index >= 15 is 0 Å². The molecule has 0 unspecified atom stereocenters. The van der Waals surface area contributed by atoms with Crippen molar-refractivity contribution in [3.8, 4) is 0 Å². The van der Waals surface area contributed by atoms with Gasteiger partial charge >= 0.3 is 12.0 Å². The van der Waals surface area contributed by atoms with Crippen molar-refractivity contribution in [3.63, 3.8) is 0 Å². The maximum Gasteiger partial charge on any atom is 0.328 e. The number of nitrogens with two attached hydrogens (primary N) is 1. The van der Waals surface area contributed by atoms with Crippen molar-refractivity contribution < 1.29 is 22.7 Å². The first-order valence-electron chi connectivity index (χ1n) is 7.87. The maximum absolute atomic E-state index is 11.9. The van der Waals surface area contributed by atoms with Crippen molar-refractivity contribution in [2.45, 2.75) is 37.6 Å². The third kappa shape index (κ3) is 7.53. The summed E-state index contributed by atoms with van der Waals surface area (Å²) in [5.41, 5.74) is 0.847. The van der Waals surface area contributed by atoms with E-state index < -0.39 is 28.1 Å². The lowest BCUT2D eigenvalue weighted by molar-refractivity contribution is -0.143. The number of methoxy groups -OCH3 is 1. The van der Waals surface area contributed by atoms with Crippen LogP contribution in [0.25, 0.3) is 0 Å². The first-order valence-corrected chi connectivity index (χ1v) is 9.42. The Balaban J connectivity index is 2.49. The molecule has 4 N–H and O–H groups in total. The van der Waals surface area contributed by atoms with Crippen molar-refractivity contribution >= 4 is 22.0 Å². The van der Waals surface area contributed by atoms with Crippen LogP contribution in [0.4, 0.5) is 4.79 Å². The van der Waals surface area contributed by atoms with Crippen LogP contribution in [0, 0.1) is 5.92 Å². The van der Waals surface area contributed by atoms with E-state index in [0.717, 1.165) is 5.56 Å². The number of benzene rings is 1. The Morgan fingerprint density at radius 3 is 2.28 bits per heavy atom. The maximum atomic E-state index is 11.9. The fourth-order valence-corrected chi connectivity index (χ4v) is 2.72. The van der Waals surface area contributed by atoms with Gasteiger partial charge in [-0.25, -0.2) is 23.1 Å². The molecule has 140 valence electrons. The molecule has 1 aromatic rings. The van der Waals surface area contributed by atoms with Gasteiger partial charge in [0.05, 0.1) is 12.0 Å². The number of carbonyl (C=O) groups excluding carboxylic acids is 2. The van der Waals surface area contributed by atoms with E-state index in [1.165, 1.54) is 19.2 Å². The minimum Gasteiger partial charge on any atom is -0.467 e. The van der Waals surface area contributed by atoms with Gasteiger partial charge in [-0.3, -0.25) is 0 Å². The molecule has 9 heteroatoms. The molecule has 0 aliphatic heterocycles. The topological polar surface area (TPSA) is 128 Å². The van der Waals surface area contributed by atoms with Gasteiger partial charge in [-0.15, -0.1) is 0 Å². The van der Waals surface area contributed by atoms with Crippen LogP contribution in [0.15, 0.2) is 29.2 Å². The predicted molar refractivity (Wildman–Crippen MR) is 93.3 cm³/mol. The summed E-state index contributed by atoms with van der Waals surface area (Å²) in [7, 11) is -2.43. The van der Waals surface area contributed by atoms with Crippen LogP contribution in [-0.2, 0) is 26.0 Å². The number of hydrogen-bond acceptors (Lipinski definition) is 5. The number of nitrogens with one attached hydrogen (secondary N) is 2. The van der Waals surface area contributed by atoms with Crippen molar-refractivity contribution in [2.75, 3.05) is 13.7 Å². The molecule has 0 fully saturated rings. The third-order valence-corrected chi connectivity index (χ3v) is 4.38. The molecule has 8 nitrogen and oxygen atoms in total. The summed E-state index contributed by atoms with van der Waals surface area (Å²) in [5, 5.41) is 10.3. The molecule has 1 atom stereocenters. The smallest absolute Gasteiger partial charge is 0.328 e. The first-order chi connectivity index (χ1) is 11.6. The molecule has 0 saturated heterocycles. The lowest BCUT2D eigenvalue weighted by Crippen LogP contribution is -2.47. The molecule has 2 amide bonds. The van der Waals surface area contributed by atoms with Crippen molar-refractivity contribution in [3.05, 3.63) is 29.8 Å². The molecule has 0 saturated carbocycles. The van der Waals surface area contributed by atoms with Crippen LogP contribution < -0.4 is 15.8 Å². The van der Waals surface area contributed by atoms with E-state index in [0.29, 0.717) is 19.4 Å². The van der Waals surface area contributed by atoms with Gasteiger partial charge in [-0.2, -0.15) is 0 Å². The highest BCUT2D eigenvalue weighted by Crippen LogP contribution is 2.09. The van der Waals surface area contributed by atoms with Gasteiger partial charge in [0.15, 0.2) is 0 Å². The Kier molecular flexibility index (Phi) is 7.85. The van der Waals surface area contributed by atoms with Gasteiger partial charge in [0.2, 0.25) is 10.0 Å². The number of rotatable bonds is 8.